The standard InChI is InChI=1S/C36H40N2OS/c1-34(2,3)22-17-18-37-29(19-22)26-20-25(27(35(4,5)6)21-28(26)36(7,8)9)23-14-12-16-31-32(23)38-33(40-31)24-13-10-11-15-30(24)39/h10-21,39H,1-9H3. The molecular weight excluding hydrogens is 508 g/mol. The summed E-state index contributed by atoms with van der Waals surface area (Å²) in [6, 6.07) is 23.0. The second-order valence-corrected chi connectivity index (χ2v) is 14.8. The summed E-state index contributed by atoms with van der Waals surface area (Å²) in [6.07, 6.45) is 1.94. The molecule has 0 amide bonds. The Kier molecular flexibility index (Phi) is 6.90. The average Bonchev–Trinajstić information content (AvgIpc) is 3.31. The lowest BCUT2D eigenvalue weighted by atomic mass is 9.74. The number of phenols is 1. The molecule has 206 valence electrons. The summed E-state index contributed by atoms with van der Waals surface area (Å²) in [6.45, 7) is 20.4. The highest BCUT2D eigenvalue weighted by molar-refractivity contribution is 7.21. The van der Waals surface area contributed by atoms with Gasteiger partial charge < -0.3 is 5.11 Å². The Morgan fingerprint density at radius 3 is 1.93 bits per heavy atom. The van der Waals surface area contributed by atoms with Gasteiger partial charge in [-0.3, -0.25) is 4.98 Å². The molecule has 0 saturated heterocycles. The molecule has 0 radical (unpaired) electrons. The molecule has 5 aromatic rings. The van der Waals surface area contributed by atoms with E-state index in [1.807, 2.05) is 24.4 Å². The van der Waals surface area contributed by atoms with Gasteiger partial charge in [0.1, 0.15) is 10.8 Å². The number of aromatic nitrogens is 2. The van der Waals surface area contributed by atoms with Gasteiger partial charge in [0.2, 0.25) is 0 Å². The van der Waals surface area contributed by atoms with Crippen LogP contribution in [-0.2, 0) is 16.2 Å². The SMILES string of the molecule is CC(C)(C)c1ccnc(-c2cc(-c3cccc4sc(-c5ccccc5O)nc34)c(C(C)(C)C)cc2C(C)(C)C)c1. The summed E-state index contributed by atoms with van der Waals surface area (Å²) in [5.74, 6) is 0.250. The van der Waals surface area contributed by atoms with Crippen molar-refractivity contribution in [3.05, 3.63) is 89.6 Å². The lowest BCUT2D eigenvalue weighted by Crippen LogP contribution is -2.19. The third-order valence-corrected chi connectivity index (χ3v) is 8.57. The van der Waals surface area contributed by atoms with Gasteiger partial charge in [0, 0.05) is 17.3 Å². The monoisotopic (exact) mass is 548 g/mol. The molecule has 0 aliphatic carbocycles. The lowest BCUT2D eigenvalue weighted by Gasteiger charge is -2.30. The summed E-state index contributed by atoms with van der Waals surface area (Å²) >= 11 is 1.62. The van der Waals surface area contributed by atoms with Gasteiger partial charge in [-0.1, -0.05) is 92.6 Å². The number of nitrogens with zero attached hydrogens (tertiary/aromatic N) is 2. The fraction of sp³-hybridized carbons (Fsp3) is 0.333. The van der Waals surface area contributed by atoms with Gasteiger partial charge in [-0.05, 0) is 74.9 Å². The van der Waals surface area contributed by atoms with E-state index in [-0.39, 0.29) is 22.0 Å². The van der Waals surface area contributed by atoms with E-state index in [4.69, 9.17) is 9.97 Å². The van der Waals surface area contributed by atoms with Crippen LogP contribution in [0.2, 0.25) is 0 Å². The highest BCUT2D eigenvalue weighted by Gasteiger charge is 2.28. The normalized spacial score (nSPS) is 12.7. The van der Waals surface area contributed by atoms with Gasteiger partial charge >= 0.3 is 0 Å². The topological polar surface area (TPSA) is 46.0 Å². The van der Waals surface area contributed by atoms with Crippen LogP contribution in [0.4, 0.5) is 0 Å². The second kappa shape index (κ2) is 9.85. The first kappa shape index (κ1) is 28.0. The lowest BCUT2D eigenvalue weighted by molar-refractivity contribution is 0.477. The molecule has 1 N–H and O–H groups in total. The van der Waals surface area contributed by atoms with E-state index in [0.29, 0.717) is 0 Å². The number of aromatic hydroxyl groups is 1. The predicted octanol–water partition coefficient (Wildman–Crippen LogP) is 10.3. The molecule has 3 aromatic carbocycles. The maximum absolute atomic E-state index is 10.5. The van der Waals surface area contributed by atoms with Gasteiger partial charge in [0.05, 0.1) is 21.5 Å². The molecular formula is C36H40N2OS. The Morgan fingerprint density at radius 2 is 1.27 bits per heavy atom. The molecule has 0 saturated carbocycles. The van der Waals surface area contributed by atoms with Crippen LogP contribution in [0.3, 0.4) is 0 Å². The van der Waals surface area contributed by atoms with E-state index in [9.17, 15) is 5.11 Å². The molecule has 0 unspecified atom stereocenters. The van der Waals surface area contributed by atoms with Crippen LogP contribution in [0.1, 0.15) is 79.0 Å². The number of benzene rings is 3. The summed E-state index contributed by atoms with van der Waals surface area (Å²) in [5.41, 5.74) is 9.89. The smallest absolute Gasteiger partial charge is 0.128 e. The Bertz CT molecular complexity index is 1710. The molecule has 0 aliphatic rings. The molecule has 3 nitrogen and oxygen atoms in total. The van der Waals surface area contributed by atoms with Gasteiger partial charge in [-0.2, -0.15) is 0 Å². The van der Waals surface area contributed by atoms with Gasteiger partial charge in [0.15, 0.2) is 0 Å². The maximum Gasteiger partial charge on any atom is 0.128 e. The summed E-state index contributed by atoms with van der Waals surface area (Å²) in [7, 11) is 0. The second-order valence-electron chi connectivity index (χ2n) is 13.8. The first-order valence-corrected chi connectivity index (χ1v) is 14.8. The van der Waals surface area contributed by atoms with Crippen molar-refractivity contribution < 1.29 is 5.11 Å². The molecule has 0 bridgehead atoms. The molecule has 5 rings (SSSR count). The van der Waals surface area contributed by atoms with Crippen molar-refractivity contribution in [2.45, 2.75) is 78.6 Å². The molecule has 40 heavy (non-hydrogen) atoms. The molecule has 2 heterocycles. The first-order valence-electron chi connectivity index (χ1n) is 14.0. The van der Waals surface area contributed by atoms with E-state index in [2.05, 4.69) is 105 Å². The van der Waals surface area contributed by atoms with Gasteiger partial charge in [0.25, 0.3) is 0 Å². The predicted molar refractivity (Wildman–Crippen MR) is 171 cm³/mol. The number of para-hydroxylation sites is 2. The highest BCUT2D eigenvalue weighted by atomic mass is 32.1. The highest BCUT2D eigenvalue weighted by Crippen LogP contribution is 2.45. The van der Waals surface area contributed by atoms with Crippen molar-refractivity contribution in [2.75, 3.05) is 0 Å². The fourth-order valence-corrected chi connectivity index (χ4v) is 6.28. The van der Waals surface area contributed by atoms with Crippen LogP contribution in [0, 0.1) is 0 Å². The minimum atomic E-state index is -0.0900. The number of hydrogen-bond acceptors (Lipinski definition) is 4. The van der Waals surface area contributed by atoms with E-state index < -0.39 is 0 Å². The molecule has 0 spiro atoms. The summed E-state index contributed by atoms with van der Waals surface area (Å²) < 4.78 is 1.10. The number of rotatable bonds is 3. The number of hydrogen-bond donors (Lipinski definition) is 1. The minimum Gasteiger partial charge on any atom is -0.507 e. The number of phenolic OH excluding ortho intramolecular Hbond substituents is 1. The first-order chi connectivity index (χ1) is 18.6. The van der Waals surface area contributed by atoms with E-state index in [1.54, 1.807) is 17.4 Å². The minimum absolute atomic E-state index is 0.0271. The number of pyridine rings is 1. The van der Waals surface area contributed by atoms with Gasteiger partial charge in [-0.25, -0.2) is 4.98 Å². The third-order valence-electron chi connectivity index (χ3n) is 7.52. The van der Waals surface area contributed by atoms with Crippen LogP contribution < -0.4 is 0 Å². The molecule has 0 atom stereocenters. The van der Waals surface area contributed by atoms with Crippen molar-refractivity contribution in [2.24, 2.45) is 0 Å². The van der Waals surface area contributed by atoms with Crippen molar-refractivity contribution >= 4 is 21.6 Å². The third kappa shape index (κ3) is 5.30. The maximum atomic E-state index is 10.5. The van der Waals surface area contributed by atoms with Crippen LogP contribution in [0.5, 0.6) is 5.75 Å². The number of fused-ring (bicyclic) bond motifs is 1. The summed E-state index contributed by atoms with van der Waals surface area (Å²) in [5, 5.41) is 11.4. The van der Waals surface area contributed by atoms with Crippen LogP contribution in [0.25, 0.3) is 43.2 Å². The van der Waals surface area contributed by atoms with E-state index in [0.717, 1.165) is 37.6 Å². The molecule has 2 aromatic heterocycles. The van der Waals surface area contributed by atoms with Gasteiger partial charge in [-0.15, -0.1) is 11.3 Å². The number of thiazole rings is 1. The fourth-order valence-electron chi connectivity index (χ4n) is 5.26. The largest absolute Gasteiger partial charge is 0.507 e. The Balaban J connectivity index is 1.83. The summed E-state index contributed by atoms with van der Waals surface area (Å²) in [4.78, 5) is 10.0. The quantitative estimate of drug-likeness (QED) is 0.244. The zero-order valence-electron chi connectivity index (χ0n) is 25.2. The Morgan fingerprint density at radius 1 is 0.625 bits per heavy atom. The molecule has 4 heteroatoms. The van der Waals surface area contributed by atoms with E-state index in [1.165, 1.54) is 22.3 Å². The van der Waals surface area contributed by atoms with Crippen LogP contribution in [-0.4, -0.2) is 15.1 Å². The Hall–Kier alpha value is -3.50. The van der Waals surface area contributed by atoms with Crippen molar-refractivity contribution in [1.82, 2.24) is 9.97 Å². The zero-order valence-corrected chi connectivity index (χ0v) is 26.0. The zero-order chi connectivity index (χ0) is 29.0. The average molecular weight is 549 g/mol. The Labute approximate surface area is 243 Å². The van der Waals surface area contributed by atoms with Crippen molar-refractivity contribution in [3.63, 3.8) is 0 Å². The van der Waals surface area contributed by atoms with Crippen molar-refractivity contribution in [3.8, 4) is 38.7 Å². The molecule has 0 fully saturated rings. The molecule has 0 aliphatic heterocycles. The van der Waals surface area contributed by atoms with Crippen molar-refractivity contribution in [1.29, 1.82) is 0 Å². The van der Waals surface area contributed by atoms with Crippen LogP contribution >= 0.6 is 11.3 Å². The van der Waals surface area contributed by atoms with E-state index >= 15 is 0 Å². The van der Waals surface area contributed by atoms with Crippen LogP contribution in [0.15, 0.2) is 72.9 Å².